The van der Waals surface area contributed by atoms with Crippen molar-refractivity contribution in [3.63, 3.8) is 0 Å². The molecule has 1 aromatic heterocycles. The van der Waals surface area contributed by atoms with Gasteiger partial charge in [-0.1, -0.05) is 45.0 Å². The minimum atomic E-state index is -2.24. The van der Waals surface area contributed by atoms with E-state index in [0.29, 0.717) is 0 Å². The number of para-hydroxylation sites is 1. The summed E-state index contributed by atoms with van der Waals surface area (Å²) in [5, 5.41) is 0. The molecule has 2 aromatic rings. The molecule has 2 nitrogen and oxygen atoms in total. The number of hydrogen-bond donors (Lipinski definition) is 0. The molecule has 23 heavy (non-hydrogen) atoms. The van der Waals surface area contributed by atoms with E-state index in [2.05, 4.69) is 44.0 Å². The number of benzene rings is 1. The van der Waals surface area contributed by atoms with Crippen molar-refractivity contribution < 1.29 is 29.9 Å². The van der Waals surface area contributed by atoms with Crippen molar-refractivity contribution in [3.05, 3.63) is 59.9 Å². The SMILES string of the molecule is CC(=Nc1ccccc1C(C)(C)C)c1ccccn1.[Cl][Nd]([Cl])[Cl]. The van der Waals surface area contributed by atoms with Gasteiger partial charge in [0.15, 0.2) is 0 Å². The van der Waals surface area contributed by atoms with Crippen LogP contribution in [-0.2, 0) is 5.41 Å². The normalized spacial score (nSPS) is 11.5. The van der Waals surface area contributed by atoms with Gasteiger partial charge in [0, 0.05) is 6.20 Å². The van der Waals surface area contributed by atoms with E-state index in [0.717, 1.165) is 17.1 Å². The Morgan fingerprint density at radius 2 is 1.57 bits per heavy atom. The van der Waals surface area contributed by atoms with Gasteiger partial charge in [-0.25, -0.2) is 0 Å². The topological polar surface area (TPSA) is 25.2 Å². The summed E-state index contributed by atoms with van der Waals surface area (Å²) in [6.45, 7) is 8.62. The van der Waals surface area contributed by atoms with Gasteiger partial charge in [-0.3, -0.25) is 9.98 Å². The average Bonchev–Trinajstić information content (AvgIpc) is 2.47. The molecule has 2 rings (SSSR count). The summed E-state index contributed by atoms with van der Waals surface area (Å²) in [4.78, 5) is 9.09. The third kappa shape index (κ3) is 8.26. The first-order valence-electron chi connectivity index (χ1n) is 7.11. The van der Waals surface area contributed by atoms with Gasteiger partial charge in [-0.05, 0) is 36.1 Å². The third-order valence-electron chi connectivity index (χ3n) is 3.04. The second kappa shape index (κ2) is 10.3. The van der Waals surface area contributed by atoms with Crippen LogP contribution < -0.4 is 0 Å². The molecule has 0 bridgehead atoms. The van der Waals surface area contributed by atoms with Gasteiger partial charge < -0.3 is 0 Å². The second-order valence-corrected chi connectivity index (χ2v) is 20.0. The summed E-state index contributed by atoms with van der Waals surface area (Å²) in [7, 11) is 0. The van der Waals surface area contributed by atoms with Gasteiger partial charge >= 0.3 is 47.3 Å². The van der Waals surface area contributed by atoms with Crippen LogP contribution >= 0.6 is 17.4 Å². The zero-order valence-corrected chi connectivity index (χ0v) is 19.1. The summed E-state index contributed by atoms with van der Waals surface area (Å²) >= 11 is -2.24. The number of halogens is 3. The van der Waals surface area contributed by atoms with Crippen LogP contribution in [-0.4, -0.2) is 10.7 Å². The monoisotopic (exact) mass is 499 g/mol. The molecular weight excluding hydrogens is 483 g/mol. The van der Waals surface area contributed by atoms with Crippen LogP contribution in [0.1, 0.15) is 39.0 Å². The fraction of sp³-hybridized carbons (Fsp3) is 0.294. The van der Waals surface area contributed by atoms with Gasteiger partial charge in [0.1, 0.15) is 0 Å². The zero-order chi connectivity index (χ0) is 17.5. The van der Waals surface area contributed by atoms with Gasteiger partial charge in [-0.2, -0.15) is 0 Å². The zero-order valence-electron chi connectivity index (χ0n) is 13.6. The average molecular weight is 503 g/mol. The van der Waals surface area contributed by atoms with E-state index in [4.69, 9.17) is 22.4 Å². The van der Waals surface area contributed by atoms with Gasteiger partial charge in [0.05, 0.1) is 17.1 Å². The van der Waals surface area contributed by atoms with Crippen LogP contribution in [0.3, 0.4) is 0 Å². The van der Waals surface area contributed by atoms with Crippen molar-refractivity contribution in [1.82, 2.24) is 4.98 Å². The summed E-state index contributed by atoms with van der Waals surface area (Å²) in [6.07, 6.45) is 1.80. The van der Waals surface area contributed by atoms with Crippen molar-refractivity contribution in [2.75, 3.05) is 0 Å². The van der Waals surface area contributed by atoms with Gasteiger partial charge in [0.25, 0.3) is 0 Å². The molecule has 0 fully saturated rings. The Labute approximate surface area is 160 Å². The molecule has 0 saturated carbocycles. The van der Waals surface area contributed by atoms with E-state index >= 15 is 0 Å². The summed E-state index contributed by atoms with van der Waals surface area (Å²) < 4.78 is 0. The van der Waals surface area contributed by atoms with Crippen LogP contribution in [0.2, 0.25) is 0 Å². The maximum atomic E-state index is 5.02. The van der Waals surface area contributed by atoms with Crippen LogP contribution in [0.25, 0.3) is 0 Å². The molecule has 1 heterocycles. The molecule has 0 radical (unpaired) electrons. The van der Waals surface area contributed by atoms with Crippen molar-refractivity contribution in [1.29, 1.82) is 0 Å². The third-order valence-corrected chi connectivity index (χ3v) is 3.04. The molecule has 0 aliphatic carbocycles. The van der Waals surface area contributed by atoms with E-state index in [1.165, 1.54) is 5.56 Å². The first-order chi connectivity index (χ1) is 10.7. The summed E-state index contributed by atoms with van der Waals surface area (Å²) in [5.74, 6) is 15.1. The number of rotatable bonds is 2. The van der Waals surface area contributed by atoms with E-state index < -0.39 is 29.9 Å². The molecule has 0 N–H and O–H groups in total. The van der Waals surface area contributed by atoms with E-state index in [-0.39, 0.29) is 5.41 Å². The van der Waals surface area contributed by atoms with Crippen molar-refractivity contribution in [2.45, 2.75) is 33.1 Å². The Balaban J connectivity index is 0.000000593. The Bertz CT molecular complexity index is 635. The molecule has 0 saturated heterocycles. The van der Waals surface area contributed by atoms with Crippen LogP contribution in [0.15, 0.2) is 53.7 Å². The number of aromatic nitrogens is 1. The predicted molar refractivity (Wildman–Crippen MR) is 98.8 cm³/mol. The summed E-state index contributed by atoms with van der Waals surface area (Å²) in [5.41, 5.74) is 4.23. The minimum absolute atomic E-state index is 0.0878. The molecule has 6 heteroatoms. The Morgan fingerprint density at radius 1 is 1.00 bits per heavy atom. The van der Waals surface area contributed by atoms with Crippen molar-refractivity contribution >= 4 is 28.8 Å². The fourth-order valence-electron chi connectivity index (χ4n) is 2.02. The first-order valence-corrected chi connectivity index (χ1v) is 19.2. The standard InChI is InChI=1S/C17H20N2.3ClH.Nd/c1-13(15-10-7-8-12-18-15)19-16-11-6-5-9-14(16)17(2,3)4;;;;/h5-12H,1-4H3;3*1H;/q;;;;+3/p-3. The van der Waals surface area contributed by atoms with Crippen molar-refractivity contribution in [2.24, 2.45) is 4.99 Å². The van der Waals surface area contributed by atoms with Crippen LogP contribution in [0, 0.1) is 29.9 Å². The quantitative estimate of drug-likeness (QED) is 0.425. The number of nitrogens with zero attached hydrogens (tertiary/aromatic N) is 2. The van der Waals surface area contributed by atoms with Crippen molar-refractivity contribution in [3.8, 4) is 0 Å². The fourth-order valence-corrected chi connectivity index (χ4v) is 2.02. The Morgan fingerprint density at radius 3 is 2.09 bits per heavy atom. The Kier molecular flexibility index (Phi) is 9.54. The van der Waals surface area contributed by atoms with Crippen LogP contribution in [0.4, 0.5) is 5.69 Å². The Hall–Kier alpha value is 0.261. The number of pyridine rings is 1. The van der Waals surface area contributed by atoms with Gasteiger partial charge in [0.2, 0.25) is 0 Å². The van der Waals surface area contributed by atoms with Crippen LogP contribution in [0.5, 0.6) is 0 Å². The summed E-state index contributed by atoms with van der Waals surface area (Å²) in [6, 6.07) is 14.2. The van der Waals surface area contributed by atoms with Gasteiger partial charge in [-0.15, -0.1) is 0 Å². The molecule has 123 valence electrons. The molecule has 0 spiro atoms. The first kappa shape index (κ1) is 21.3. The maximum absolute atomic E-state index is 5.02. The number of hydrogen-bond acceptors (Lipinski definition) is 2. The molecule has 0 aliphatic rings. The molecule has 0 amide bonds. The second-order valence-electron chi connectivity index (χ2n) is 5.89. The molecular formula is C17H20Cl3N2Nd. The predicted octanol–water partition coefficient (Wildman–Crippen LogP) is 6.59. The van der Waals surface area contributed by atoms with E-state index in [1.807, 2.05) is 31.2 Å². The number of aliphatic imine (C=N–C) groups is 1. The molecule has 0 aliphatic heterocycles. The molecule has 0 unspecified atom stereocenters. The van der Waals surface area contributed by atoms with E-state index in [1.54, 1.807) is 6.20 Å². The molecule has 1 aromatic carbocycles. The van der Waals surface area contributed by atoms with E-state index in [9.17, 15) is 0 Å². The molecule has 0 atom stereocenters.